The van der Waals surface area contributed by atoms with Gasteiger partial charge in [0.15, 0.2) is 0 Å². The summed E-state index contributed by atoms with van der Waals surface area (Å²) in [6, 6.07) is 2.39. The summed E-state index contributed by atoms with van der Waals surface area (Å²) in [6.07, 6.45) is -6.84. The van der Waals surface area contributed by atoms with E-state index in [-0.39, 0.29) is 10.6 Å². The van der Waals surface area contributed by atoms with Crippen molar-refractivity contribution in [1.29, 1.82) is 0 Å². The zero-order valence-electron chi connectivity index (χ0n) is 8.33. The van der Waals surface area contributed by atoms with Gasteiger partial charge in [0.05, 0.1) is 18.1 Å². The molecule has 0 aliphatic heterocycles. The maximum Gasteiger partial charge on any atom is 0.416 e. The Morgan fingerprint density at radius 2 is 2.00 bits per heavy atom. The molecule has 0 radical (unpaired) electrons. The summed E-state index contributed by atoms with van der Waals surface area (Å²) in [4.78, 5) is 10.4. The van der Waals surface area contributed by atoms with Gasteiger partial charge >= 0.3 is 12.1 Å². The quantitative estimate of drug-likeness (QED) is 0.886. The zero-order chi connectivity index (χ0) is 13.2. The largest absolute Gasteiger partial charge is 0.481 e. The molecule has 0 amide bonds. The predicted octanol–water partition coefficient (Wildman–Crippen LogP) is 2.87. The Balaban J connectivity index is 3.10. The molecule has 1 aromatic carbocycles. The second-order valence-corrected chi connectivity index (χ2v) is 3.75. The second-order valence-electron chi connectivity index (χ2n) is 3.35. The molecule has 0 saturated heterocycles. The molecule has 0 heterocycles. The molecule has 0 spiro atoms. The Morgan fingerprint density at radius 3 is 2.47 bits per heavy atom. The van der Waals surface area contributed by atoms with Crippen molar-refractivity contribution in [2.75, 3.05) is 0 Å². The topological polar surface area (TPSA) is 57.5 Å². The highest BCUT2D eigenvalue weighted by atomic mass is 35.5. The van der Waals surface area contributed by atoms with Crippen molar-refractivity contribution in [3.05, 3.63) is 34.3 Å². The molecular formula is C10H8ClF3O3. The van der Waals surface area contributed by atoms with Crippen LogP contribution in [0.15, 0.2) is 18.2 Å². The number of hydrogen-bond donors (Lipinski definition) is 2. The average molecular weight is 269 g/mol. The third-order valence-corrected chi connectivity index (χ3v) is 2.39. The molecule has 7 heteroatoms. The number of carbonyl (C=O) groups is 1. The minimum atomic E-state index is -4.57. The van der Waals surface area contributed by atoms with Gasteiger partial charge in [0, 0.05) is 10.6 Å². The zero-order valence-corrected chi connectivity index (χ0v) is 9.09. The summed E-state index contributed by atoms with van der Waals surface area (Å²) in [5, 5.41) is 17.8. The molecule has 0 saturated carbocycles. The first kappa shape index (κ1) is 13.8. The van der Waals surface area contributed by atoms with E-state index in [2.05, 4.69) is 0 Å². The van der Waals surface area contributed by atoms with Crippen LogP contribution in [0, 0.1) is 0 Å². The van der Waals surface area contributed by atoms with Gasteiger partial charge in [0.1, 0.15) is 0 Å². The summed E-state index contributed by atoms with van der Waals surface area (Å²) >= 11 is 5.60. The van der Waals surface area contributed by atoms with Crippen LogP contribution in [-0.2, 0) is 11.0 Å². The van der Waals surface area contributed by atoms with Crippen molar-refractivity contribution >= 4 is 17.6 Å². The van der Waals surface area contributed by atoms with Gasteiger partial charge in [-0.2, -0.15) is 13.2 Å². The summed E-state index contributed by atoms with van der Waals surface area (Å²) in [5.41, 5.74) is -1.23. The minimum absolute atomic E-state index is 0.105. The van der Waals surface area contributed by atoms with Crippen molar-refractivity contribution in [2.24, 2.45) is 0 Å². The lowest BCUT2D eigenvalue weighted by Crippen LogP contribution is -2.09. The van der Waals surface area contributed by atoms with Gasteiger partial charge in [0.2, 0.25) is 0 Å². The highest BCUT2D eigenvalue weighted by Crippen LogP contribution is 2.34. The smallest absolute Gasteiger partial charge is 0.416 e. The summed E-state index contributed by atoms with van der Waals surface area (Å²) < 4.78 is 37.2. The Morgan fingerprint density at radius 1 is 1.41 bits per heavy atom. The van der Waals surface area contributed by atoms with E-state index < -0.39 is 30.2 Å². The number of aliphatic hydroxyl groups excluding tert-OH is 1. The third kappa shape index (κ3) is 3.61. The number of alkyl halides is 3. The van der Waals surface area contributed by atoms with Crippen molar-refractivity contribution in [1.82, 2.24) is 0 Å². The molecule has 0 aliphatic rings. The van der Waals surface area contributed by atoms with Crippen LogP contribution in [0.3, 0.4) is 0 Å². The number of rotatable bonds is 3. The van der Waals surface area contributed by atoms with E-state index >= 15 is 0 Å². The first-order valence-corrected chi connectivity index (χ1v) is 4.86. The number of carboxylic acids is 1. The SMILES string of the molecule is O=C(O)C[C@@H](O)c1cc(C(F)(F)F)ccc1Cl. The first-order chi connectivity index (χ1) is 7.71. The van der Waals surface area contributed by atoms with Crippen molar-refractivity contribution < 1.29 is 28.2 Å². The van der Waals surface area contributed by atoms with Gasteiger partial charge in [-0.1, -0.05) is 11.6 Å². The molecule has 0 aromatic heterocycles. The van der Waals surface area contributed by atoms with Crippen LogP contribution in [0.25, 0.3) is 0 Å². The Bertz CT molecular complexity index is 431. The molecule has 94 valence electrons. The van der Waals surface area contributed by atoms with Crippen LogP contribution >= 0.6 is 11.6 Å². The second kappa shape index (κ2) is 4.93. The van der Waals surface area contributed by atoms with Crippen molar-refractivity contribution in [3.63, 3.8) is 0 Å². The van der Waals surface area contributed by atoms with Gasteiger partial charge in [-0.3, -0.25) is 4.79 Å². The molecular weight excluding hydrogens is 261 g/mol. The van der Waals surface area contributed by atoms with E-state index in [9.17, 15) is 23.1 Å². The molecule has 17 heavy (non-hydrogen) atoms. The summed E-state index contributed by atoms with van der Waals surface area (Å²) in [6.45, 7) is 0. The van der Waals surface area contributed by atoms with Crippen LogP contribution < -0.4 is 0 Å². The number of benzene rings is 1. The van der Waals surface area contributed by atoms with Gasteiger partial charge in [-0.05, 0) is 18.2 Å². The molecule has 1 atom stereocenters. The fourth-order valence-corrected chi connectivity index (χ4v) is 1.49. The normalized spacial score (nSPS) is 13.5. The number of carboxylic acid groups (broad SMARTS) is 1. The van der Waals surface area contributed by atoms with Crippen LogP contribution in [0.2, 0.25) is 5.02 Å². The highest BCUT2D eigenvalue weighted by Gasteiger charge is 2.31. The molecule has 0 aliphatic carbocycles. The molecule has 0 bridgehead atoms. The van der Waals surface area contributed by atoms with Crippen LogP contribution in [0.4, 0.5) is 13.2 Å². The number of aliphatic carboxylic acids is 1. The lowest BCUT2D eigenvalue weighted by atomic mass is 10.0. The summed E-state index contributed by atoms with van der Waals surface area (Å²) in [5.74, 6) is -1.33. The highest BCUT2D eigenvalue weighted by molar-refractivity contribution is 6.31. The maximum atomic E-state index is 12.4. The predicted molar refractivity (Wildman–Crippen MR) is 53.7 cm³/mol. The van der Waals surface area contributed by atoms with Crippen LogP contribution in [0.1, 0.15) is 23.7 Å². The Labute approximate surface area is 99.4 Å². The van der Waals surface area contributed by atoms with Crippen LogP contribution in [-0.4, -0.2) is 16.2 Å². The minimum Gasteiger partial charge on any atom is -0.481 e. The van der Waals surface area contributed by atoms with Gasteiger partial charge in [0.25, 0.3) is 0 Å². The molecule has 1 rings (SSSR count). The van der Waals surface area contributed by atoms with E-state index in [0.29, 0.717) is 6.07 Å². The van der Waals surface area contributed by atoms with E-state index in [0.717, 1.165) is 12.1 Å². The van der Waals surface area contributed by atoms with Crippen molar-refractivity contribution in [2.45, 2.75) is 18.7 Å². The third-order valence-electron chi connectivity index (χ3n) is 2.05. The average Bonchev–Trinajstić information content (AvgIpc) is 2.15. The van der Waals surface area contributed by atoms with E-state index in [1.54, 1.807) is 0 Å². The number of hydrogen-bond acceptors (Lipinski definition) is 2. The molecule has 2 N–H and O–H groups in total. The fraction of sp³-hybridized carbons (Fsp3) is 0.300. The number of halogens is 4. The molecule has 1 aromatic rings. The van der Waals surface area contributed by atoms with Gasteiger partial charge in [-0.25, -0.2) is 0 Å². The first-order valence-electron chi connectivity index (χ1n) is 4.48. The van der Waals surface area contributed by atoms with Gasteiger partial charge in [-0.15, -0.1) is 0 Å². The lowest BCUT2D eigenvalue weighted by molar-refractivity contribution is -0.139. The van der Waals surface area contributed by atoms with Crippen molar-refractivity contribution in [3.8, 4) is 0 Å². The van der Waals surface area contributed by atoms with E-state index in [4.69, 9.17) is 16.7 Å². The van der Waals surface area contributed by atoms with E-state index in [1.165, 1.54) is 0 Å². The molecule has 0 fully saturated rings. The Hall–Kier alpha value is -1.27. The standard InChI is InChI=1S/C10H8ClF3O3/c11-7-2-1-5(10(12,13)14)3-6(7)8(15)4-9(16)17/h1-3,8,15H,4H2,(H,16,17)/t8-/m1/s1. The van der Waals surface area contributed by atoms with Crippen LogP contribution in [0.5, 0.6) is 0 Å². The van der Waals surface area contributed by atoms with E-state index in [1.807, 2.05) is 0 Å². The maximum absolute atomic E-state index is 12.4. The van der Waals surface area contributed by atoms with Gasteiger partial charge < -0.3 is 10.2 Å². The molecule has 0 unspecified atom stereocenters. The lowest BCUT2D eigenvalue weighted by Gasteiger charge is -2.13. The molecule has 3 nitrogen and oxygen atoms in total. The number of aliphatic hydroxyl groups is 1. The monoisotopic (exact) mass is 268 g/mol. The Kier molecular flexibility index (Phi) is 4.00. The fourth-order valence-electron chi connectivity index (χ4n) is 1.25. The summed E-state index contributed by atoms with van der Waals surface area (Å²) in [7, 11) is 0.